The zero-order valence-electron chi connectivity index (χ0n) is 16.5. The molecule has 7 heteroatoms. The van der Waals surface area contributed by atoms with E-state index < -0.39 is 11.6 Å². The third-order valence-corrected chi connectivity index (χ3v) is 7.21. The number of rotatable bonds is 2. The number of hydrogen-bond acceptors (Lipinski definition) is 4. The van der Waals surface area contributed by atoms with Crippen LogP contribution in [0.5, 0.6) is 0 Å². The lowest BCUT2D eigenvalue weighted by molar-refractivity contribution is -0.120. The van der Waals surface area contributed by atoms with Gasteiger partial charge in [-0.15, -0.1) is 0 Å². The molecular weight excluding hydrogens is 396 g/mol. The third kappa shape index (κ3) is 2.97. The number of urea groups is 1. The summed E-state index contributed by atoms with van der Waals surface area (Å²) < 4.78 is 0. The molecule has 152 valence electrons. The summed E-state index contributed by atoms with van der Waals surface area (Å²) in [5, 5.41) is 0.709. The van der Waals surface area contributed by atoms with Crippen molar-refractivity contribution in [1.29, 1.82) is 0 Å². The molecule has 2 aromatic carbocycles. The Morgan fingerprint density at radius 3 is 2.47 bits per heavy atom. The number of hydrogen-bond donors (Lipinski definition) is 1. The van der Waals surface area contributed by atoms with Gasteiger partial charge in [-0.2, -0.15) is 0 Å². The first-order chi connectivity index (χ1) is 14.6. The number of nitrogens with two attached hydrogens (primary N) is 1. The number of primary amides is 1. The fourth-order valence-electron chi connectivity index (χ4n) is 4.71. The molecule has 2 aliphatic rings. The summed E-state index contributed by atoms with van der Waals surface area (Å²) in [7, 11) is 0. The van der Waals surface area contributed by atoms with E-state index in [2.05, 4.69) is 11.1 Å². The van der Waals surface area contributed by atoms with Crippen LogP contribution >= 0.6 is 11.3 Å². The van der Waals surface area contributed by atoms with E-state index in [9.17, 15) is 9.59 Å². The number of amides is 3. The Labute approximate surface area is 178 Å². The van der Waals surface area contributed by atoms with Crippen molar-refractivity contribution in [2.75, 3.05) is 18.0 Å². The lowest BCUT2D eigenvalue weighted by atomic mass is 9.74. The van der Waals surface area contributed by atoms with Gasteiger partial charge in [0.2, 0.25) is 5.91 Å². The van der Waals surface area contributed by atoms with Crippen LogP contribution in [0.1, 0.15) is 24.0 Å². The average molecular weight is 419 g/mol. The summed E-state index contributed by atoms with van der Waals surface area (Å²) in [5.74, 6) is 0.0511. The summed E-state index contributed by atoms with van der Waals surface area (Å²) in [6.07, 6.45) is 3.48. The Kier molecular flexibility index (Phi) is 4.55. The fourth-order valence-corrected chi connectivity index (χ4v) is 5.74. The molecule has 5 rings (SSSR count). The maximum atomic E-state index is 13.4. The van der Waals surface area contributed by atoms with Crippen molar-refractivity contribution in [2.24, 2.45) is 5.73 Å². The highest BCUT2D eigenvalue weighted by atomic mass is 32.1. The Hall–Kier alpha value is -3.19. The quantitative estimate of drug-likeness (QED) is 0.688. The van der Waals surface area contributed by atoms with E-state index in [0.717, 1.165) is 21.6 Å². The van der Waals surface area contributed by atoms with Crippen molar-refractivity contribution in [1.82, 2.24) is 9.88 Å². The SMILES string of the molecule is NC(=O)N1CCC2(CC1)c1ccccc1CC(=O)N2c1ncc(-c2ccccc2)s1. The summed E-state index contributed by atoms with van der Waals surface area (Å²) in [4.78, 5) is 34.3. The second kappa shape index (κ2) is 7.25. The van der Waals surface area contributed by atoms with Gasteiger partial charge < -0.3 is 10.6 Å². The summed E-state index contributed by atoms with van der Waals surface area (Å²) in [5.41, 5.74) is 8.31. The van der Waals surface area contributed by atoms with Gasteiger partial charge in [0.25, 0.3) is 0 Å². The van der Waals surface area contributed by atoms with Crippen molar-refractivity contribution >= 4 is 28.4 Å². The minimum absolute atomic E-state index is 0.0511. The maximum absolute atomic E-state index is 13.4. The van der Waals surface area contributed by atoms with Gasteiger partial charge in [0.15, 0.2) is 5.13 Å². The topological polar surface area (TPSA) is 79.5 Å². The van der Waals surface area contributed by atoms with E-state index in [0.29, 0.717) is 37.5 Å². The van der Waals surface area contributed by atoms with Gasteiger partial charge in [-0.25, -0.2) is 9.78 Å². The van der Waals surface area contributed by atoms with E-state index in [1.165, 1.54) is 11.3 Å². The van der Waals surface area contributed by atoms with Gasteiger partial charge >= 0.3 is 6.03 Å². The van der Waals surface area contributed by atoms with Crippen molar-refractivity contribution in [3.63, 3.8) is 0 Å². The summed E-state index contributed by atoms with van der Waals surface area (Å²) >= 11 is 1.53. The highest BCUT2D eigenvalue weighted by molar-refractivity contribution is 7.19. The van der Waals surface area contributed by atoms with Crippen LogP contribution in [-0.2, 0) is 16.8 Å². The predicted molar refractivity (Wildman–Crippen MR) is 117 cm³/mol. The first-order valence-corrected chi connectivity index (χ1v) is 10.9. The van der Waals surface area contributed by atoms with E-state index in [1.54, 1.807) is 4.90 Å². The number of aromatic nitrogens is 1. The van der Waals surface area contributed by atoms with Gasteiger partial charge in [-0.1, -0.05) is 65.9 Å². The van der Waals surface area contributed by atoms with Crippen LogP contribution in [0.25, 0.3) is 10.4 Å². The minimum atomic E-state index is -0.510. The molecule has 1 saturated heterocycles. The Balaban J connectivity index is 1.59. The van der Waals surface area contributed by atoms with Crippen LogP contribution in [0, 0.1) is 0 Å². The Morgan fingerprint density at radius 1 is 1.03 bits per heavy atom. The Bertz CT molecular complexity index is 1100. The standard InChI is InChI=1S/C23H22N4O2S/c24-21(29)26-12-10-23(11-13-26)18-9-5-4-8-17(18)14-20(28)27(23)22-25-15-19(30-22)16-6-2-1-3-7-16/h1-9,15H,10-14H2,(H2,24,29). The van der Waals surface area contributed by atoms with Crippen LogP contribution in [0.3, 0.4) is 0 Å². The number of nitrogens with zero attached hydrogens (tertiary/aromatic N) is 3. The third-order valence-electron chi connectivity index (χ3n) is 6.18. The molecule has 2 N–H and O–H groups in total. The molecule has 1 spiro atoms. The van der Waals surface area contributed by atoms with Crippen LogP contribution in [0.2, 0.25) is 0 Å². The number of thiazole rings is 1. The minimum Gasteiger partial charge on any atom is -0.351 e. The van der Waals surface area contributed by atoms with Gasteiger partial charge in [0.1, 0.15) is 0 Å². The number of benzene rings is 2. The van der Waals surface area contributed by atoms with E-state index >= 15 is 0 Å². The molecule has 3 heterocycles. The first kappa shape index (κ1) is 18.8. The molecular formula is C23H22N4O2S. The number of piperidine rings is 1. The number of carbonyl (C=O) groups excluding carboxylic acids is 2. The van der Waals surface area contributed by atoms with Crippen LogP contribution in [0.15, 0.2) is 60.8 Å². The maximum Gasteiger partial charge on any atom is 0.314 e. The van der Waals surface area contributed by atoms with Gasteiger partial charge in [-0.05, 0) is 29.5 Å². The molecule has 0 radical (unpaired) electrons. The molecule has 0 saturated carbocycles. The van der Waals surface area contributed by atoms with Gasteiger partial charge in [0, 0.05) is 19.3 Å². The number of fused-ring (bicyclic) bond motifs is 2. The smallest absolute Gasteiger partial charge is 0.314 e. The molecule has 0 unspecified atom stereocenters. The normalized spacial score (nSPS) is 17.8. The predicted octanol–water partition coefficient (Wildman–Crippen LogP) is 3.77. The molecule has 3 amide bonds. The molecule has 6 nitrogen and oxygen atoms in total. The second-order valence-corrected chi connectivity index (χ2v) is 8.80. The molecule has 1 aromatic heterocycles. The average Bonchev–Trinajstić information content (AvgIpc) is 3.24. The highest BCUT2D eigenvalue weighted by Gasteiger charge is 2.49. The van der Waals surface area contributed by atoms with Crippen LogP contribution in [-0.4, -0.2) is 34.9 Å². The zero-order valence-corrected chi connectivity index (χ0v) is 17.3. The molecule has 0 atom stereocenters. The van der Waals surface area contributed by atoms with E-state index in [-0.39, 0.29) is 5.91 Å². The molecule has 1 fully saturated rings. The molecule has 0 aliphatic carbocycles. The molecule has 2 aliphatic heterocycles. The van der Waals surface area contributed by atoms with Crippen molar-refractivity contribution < 1.29 is 9.59 Å². The zero-order chi connectivity index (χ0) is 20.7. The van der Waals surface area contributed by atoms with Crippen molar-refractivity contribution in [2.45, 2.75) is 24.8 Å². The number of anilines is 1. The molecule has 30 heavy (non-hydrogen) atoms. The second-order valence-electron chi connectivity index (χ2n) is 7.79. The van der Waals surface area contributed by atoms with Crippen molar-refractivity contribution in [3.05, 3.63) is 71.9 Å². The van der Waals surface area contributed by atoms with E-state index in [1.807, 2.05) is 59.6 Å². The highest BCUT2D eigenvalue weighted by Crippen LogP contribution is 2.47. The lowest BCUT2D eigenvalue weighted by Gasteiger charge is -2.50. The Morgan fingerprint density at radius 2 is 1.73 bits per heavy atom. The van der Waals surface area contributed by atoms with Gasteiger partial charge in [-0.3, -0.25) is 9.69 Å². The van der Waals surface area contributed by atoms with E-state index in [4.69, 9.17) is 5.73 Å². The fraction of sp³-hybridized carbons (Fsp3) is 0.261. The lowest BCUT2D eigenvalue weighted by Crippen LogP contribution is -2.59. The summed E-state index contributed by atoms with van der Waals surface area (Å²) in [6.45, 7) is 1.04. The monoisotopic (exact) mass is 418 g/mol. The number of likely N-dealkylation sites (tertiary alicyclic amines) is 1. The molecule has 0 bridgehead atoms. The first-order valence-electron chi connectivity index (χ1n) is 10.1. The van der Waals surface area contributed by atoms with Crippen LogP contribution in [0.4, 0.5) is 9.93 Å². The molecule has 3 aromatic rings. The van der Waals surface area contributed by atoms with Gasteiger partial charge in [0.05, 0.1) is 16.8 Å². The summed E-state index contributed by atoms with van der Waals surface area (Å²) in [6, 6.07) is 17.8. The van der Waals surface area contributed by atoms with Crippen LogP contribution < -0.4 is 10.6 Å². The number of carbonyl (C=O) groups is 2. The van der Waals surface area contributed by atoms with Crippen molar-refractivity contribution in [3.8, 4) is 10.4 Å². The largest absolute Gasteiger partial charge is 0.351 e.